The summed E-state index contributed by atoms with van der Waals surface area (Å²) in [6, 6.07) is 9.72. The molecule has 3 rings (SSSR count). The van der Waals surface area contributed by atoms with E-state index in [0.717, 1.165) is 5.56 Å². The number of benzene rings is 1. The van der Waals surface area contributed by atoms with Gasteiger partial charge in [0.05, 0.1) is 32.0 Å². The first-order valence-corrected chi connectivity index (χ1v) is 7.36. The van der Waals surface area contributed by atoms with Gasteiger partial charge in [0.15, 0.2) is 5.76 Å². The first-order valence-electron chi connectivity index (χ1n) is 7.36. The van der Waals surface area contributed by atoms with Crippen LogP contribution in [0.2, 0.25) is 0 Å². The summed E-state index contributed by atoms with van der Waals surface area (Å²) >= 11 is 0. The average Bonchev–Trinajstić information content (AvgIpc) is 3.03. The molecule has 2 amide bonds. The number of hydrogen-bond acceptors (Lipinski definition) is 4. The Kier molecular flexibility index (Phi) is 4.39. The molecular formula is C16H19N3O3. The second-order valence-electron chi connectivity index (χ2n) is 5.26. The van der Waals surface area contributed by atoms with Crippen molar-refractivity contribution in [2.24, 2.45) is 0 Å². The Bertz CT molecular complexity index is 627. The van der Waals surface area contributed by atoms with Crippen LogP contribution in [0.15, 0.2) is 40.9 Å². The highest BCUT2D eigenvalue weighted by molar-refractivity contribution is 5.74. The summed E-state index contributed by atoms with van der Waals surface area (Å²) < 4.78 is 11.0. The van der Waals surface area contributed by atoms with Crippen LogP contribution in [-0.2, 0) is 11.3 Å². The van der Waals surface area contributed by atoms with Crippen LogP contribution in [0.1, 0.15) is 12.8 Å². The van der Waals surface area contributed by atoms with Gasteiger partial charge in [-0.15, -0.1) is 0 Å². The molecule has 0 saturated carbocycles. The summed E-state index contributed by atoms with van der Waals surface area (Å²) in [6.07, 6.45) is 1.67. The molecule has 2 heterocycles. The van der Waals surface area contributed by atoms with Crippen molar-refractivity contribution in [2.75, 3.05) is 19.8 Å². The highest BCUT2D eigenvalue weighted by atomic mass is 16.5. The topological polar surface area (TPSA) is 67.6 Å². The van der Waals surface area contributed by atoms with Gasteiger partial charge in [-0.2, -0.15) is 0 Å². The number of hydrogen-bond donors (Lipinski definition) is 1. The second kappa shape index (κ2) is 6.62. The molecule has 1 fully saturated rings. The summed E-state index contributed by atoms with van der Waals surface area (Å²) in [6.45, 7) is 4.00. The van der Waals surface area contributed by atoms with Gasteiger partial charge in [-0.05, 0) is 6.92 Å². The van der Waals surface area contributed by atoms with E-state index in [4.69, 9.17) is 9.15 Å². The molecule has 1 N–H and O–H groups in total. The zero-order valence-electron chi connectivity index (χ0n) is 12.5. The maximum absolute atomic E-state index is 12.1. The summed E-state index contributed by atoms with van der Waals surface area (Å²) in [5.74, 6) is 1.19. The fraction of sp³-hybridized carbons (Fsp3) is 0.375. The summed E-state index contributed by atoms with van der Waals surface area (Å²) in [4.78, 5) is 18.1. The molecule has 0 aliphatic carbocycles. The molecular weight excluding hydrogens is 282 g/mol. The van der Waals surface area contributed by atoms with Crippen molar-refractivity contribution >= 4 is 6.03 Å². The van der Waals surface area contributed by atoms with E-state index in [1.165, 1.54) is 0 Å². The van der Waals surface area contributed by atoms with E-state index in [0.29, 0.717) is 31.4 Å². The van der Waals surface area contributed by atoms with Gasteiger partial charge < -0.3 is 19.4 Å². The van der Waals surface area contributed by atoms with Crippen LogP contribution >= 0.6 is 0 Å². The molecule has 0 spiro atoms. The van der Waals surface area contributed by atoms with Crippen LogP contribution in [0.25, 0.3) is 11.3 Å². The summed E-state index contributed by atoms with van der Waals surface area (Å²) in [5.41, 5.74) is 0.967. The van der Waals surface area contributed by atoms with Crippen molar-refractivity contribution in [1.29, 1.82) is 0 Å². The van der Waals surface area contributed by atoms with Crippen LogP contribution in [0.5, 0.6) is 0 Å². The quantitative estimate of drug-likeness (QED) is 0.944. The fourth-order valence-corrected chi connectivity index (χ4v) is 2.41. The Morgan fingerprint density at radius 1 is 1.41 bits per heavy atom. The van der Waals surface area contributed by atoms with Crippen LogP contribution < -0.4 is 5.32 Å². The molecule has 1 atom stereocenters. The molecule has 6 heteroatoms. The van der Waals surface area contributed by atoms with Gasteiger partial charge >= 0.3 is 6.03 Å². The molecule has 22 heavy (non-hydrogen) atoms. The Labute approximate surface area is 129 Å². The number of rotatable bonds is 3. The number of nitrogens with zero attached hydrogens (tertiary/aromatic N) is 2. The average molecular weight is 301 g/mol. The number of carbonyl (C=O) groups excluding carboxylic acids is 1. The number of oxazole rings is 1. The van der Waals surface area contributed by atoms with Crippen molar-refractivity contribution in [3.05, 3.63) is 42.4 Å². The van der Waals surface area contributed by atoms with Crippen LogP contribution in [0, 0.1) is 0 Å². The molecule has 1 aromatic carbocycles. The van der Waals surface area contributed by atoms with Gasteiger partial charge in [0.1, 0.15) is 0 Å². The van der Waals surface area contributed by atoms with Crippen LogP contribution in [0.3, 0.4) is 0 Å². The van der Waals surface area contributed by atoms with E-state index in [9.17, 15) is 4.79 Å². The van der Waals surface area contributed by atoms with Crippen molar-refractivity contribution in [2.45, 2.75) is 19.5 Å². The van der Waals surface area contributed by atoms with Crippen molar-refractivity contribution in [3.63, 3.8) is 0 Å². The van der Waals surface area contributed by atoms with Crippen molar-refractivity contribution in [3.8, 4) is 11.3 Å². The second-order valence-corrected chi connectivity index (χ2v) is 5.26. The minimum atomic E-state index is -0.115. The van der Waals surface area contributed by atoms with E-state index >= 15 is 0 Å². The molecule has 1 saturated heterocycles. The van der Waals surface area contributed by atoms with Crippen molar-refractivity contribution in [1.82, 2.24) is 15.2 Å². The third kappa shape index (κ3) is 3.28. The summed E-state index contributed by atoms with van der Waals surface area (Å²) in [5, 5.41) is 2.84. The lowest BCUT2D eigenvalue weighted by Crippen LogP contribution is -2.51. The Morgan fingerprint density at radius 2 is 2.23 bits per heavy atom. The SMILES string of the molecule is C[C@H]1COCCN1C(=O)NCc1ncc(-c2ccccc2)o1. The van der Waals surface area contributed by atoms with Gasteiger partial charge in [-0.1, -0.05) is 30.3 Å². The largest absolute Gasteiger partial charge is 0.439 e. The molecule has 0 unspecified atom stereocenters. The molecule has 1 aliphatic heterocycles. The molecule has 116 valence electrons. The standard InChI is InChI=1S/C16H19N3O3/c1-12-11-21-8-7-19(12)16(20)18-10-15-17-9-14(22-15)13-5-3-2-4-6-13/h2-6,9,12H,7-8,10-11H2,1H3,(H,18,20)/t12-/m0/s1. The van der Waals surface area contributed by atoms with Crippen LogP contribution in [0.4, 0.5) is 4.79 Å². The maximum Gasteiger partial charge on any atom is 0.318 e. The number of morpholine rings is 1. The minimum Gasteiger partial charge on any atom is -0.439 e. The molecule has 1 aromatic heterocycles. The number of ether oxygens (including phenoxy) is 1. The Morgan fingerprint density at radius 3 is 3.00 bits per heavy atom. The van der Waals surface area contributed by atoms with Gasteiger partial charge in [0.2, 0.25) is 5.89 Å². The number of urea groups is 1. The first-order chi connectivity index (χ1) is 10.7. The monoisotopic (exact) mass is 301 g/mol. The molecule has 2 aromatic rings. The normalized spacial score (nSPS) is 18.2. The fourth-order valence-electron chi connectivity index (χ4n) is 2.41. The lowest BCUT2D eigenvalue weighted by Gasteiger charge is -2.33. The van der Waals surface area contributed by atoms with E-state index in [2.05, 4.69) is 10.3 Å². The number of amides is 2. The third-order valence-corrected chi connectivity index (χ3v) is 3.63. The predicted octanol–water partition coefficient (Wildman–Crippen LogP) is 2.27. The van der Waals surface area contributed by atoms with E-state index in [-0.39, 0.29) is 18.6 Å². The first kappa shape index (κ1) is 14.6. The van der Waals surface area contributed by atoms with Gasteiger partial charge in [-0.25, -0.2) is 9.78 Å². The van der Waals surface area contributed by atoms with Crippen LogP contribution in [-0.4, -0.2) is 41.7 Å². The Hall–Kier alpha value is -2.34. The lowest BCUT2D eigenvalue weighted by atomic mass is 10.2. The molecule has 1 aliphatic rings. The Balaban J connectivity index is 1.58. The zero-order chi connectivity index (χ0) is 15.4. The highest BCUT2D eigenvalue weighted by Gasteiger charge is 2.23. The maximum atomic E-state index is 12.1. The minimum absolute atomic E-state index is 0.0817. The third-order valence-electron chi connectivity index (χ3n) is 3.63. The van der Waals surface area contributed by atoms with Crippen molar-refractivity contribution < 1.29 is 13.9 Å². The van der Waals surface area contributed by atoms with E-state index in [1.807, 2.05) is 37.3 Å². The summed E-state index contributed by atoms with van der Waals surface area (Å²) in [7, 11) is 0. The van der Waals surface area contributed by atoms with E-state index in [1.54, 1.807) is 11.1 Å². The smallest absolute Gasteiger partial charge is 0.318 e. The zero-order valence-corrected chi connectivity index (χ0v) is 12.5. The van der Waals surface area contributed by atoms with Gasteiger partial charge in [-0.3, -0.25) is 0 Å². The molecule has 0 bridgehead atoms. The van der Waals surface area contributed by atoms with Gasteiger partial charge in [0, 0.05) is 12.1 Å². The number of nitrogens with one attached hydrogen (secondary N) is 1. The van der Waals surface area contributed by atoms with E-state index < -0.39 is 0 Å². The van der Waals surface area contributed by atoms with Gasteiger partial charge in [0.25, 0.3) is 0 Å². The number of carbonyl (C=O) groups is 1. The predicted molar refractivity (Wildman–Crippen MR) is 81.2 cm³/mol. The number of aromatic nitrogens is 1. The molecule has 6 nitrogen and oxygen atoms in total. The highest BCUT2D eigenvalue weighted by Crippen LogP contribution is 2.19. The molecule has 0 radical (unpaired) electrons. The lowest BCUT2D eigenvalue weighted by molar-refractivity contribution is 0.0188.